The van der Waals surface area contributed by atoms with Gasteiger partial charge in [-0.05, 0) is 43.9 Å². The Morgan fingerprint density at radius 1 is 1.32 bits per heavy atom. The third kappa shape index (κ3) is 3.16. The van der Waals surface area contributed by atoms with Crippen molar-refractivity contribution in [1.29, 1.82) is 0 Å². The summed E-state index contributed by atoms with van der Waals surface area (Å²) in [4.78, 5) is 22.7. The zero-order chi connectivity index (χ0) is 17.2. The van der Waals surface area contributed by atoms with Crippen LogP contribution in [0.1, 0.15) is 48.8 Å². The Balaban J connectivity index is 1.46. The SMILES string of the molecule is Cc1cn[nH]c1[C@@H]1CCCCN1C(=O)CCc1nc2ccccc2[nH]1. The highest BCUT2D eigenvalue weighted by atomic mass is 16.2. The fourth-order valence-electron chi connectivity index (χ4n) is 3.72. The van der Waals surface area contributed by atoms with Crippen LogP contribution in [0.2, 0.25) is 0 Å². The fraction of sp³-hybridized carbons (Fsp3) is 0.421. The second-order valence-corrected chi connectivity index (χ2v) is 6.77. The van der Waals surface area contributed by atoms with Crippen LogP contribution in [0.5, 0.6) is 0 Å². The van der Waals surface area contributed by atoms with Gasteiger partial charge in [-0.25, -0.2) is 4.98 Å². The first-order valence-corrected chi connectivity index (χ1v) is 8.95. The second-order valence-electron chi connectivity index (χ2n) is 6.77. The van der Waals surface area contributed by atoms with Crippen molar-refractivity contribution >= 4 is 16.9 Å². The van der Waals surface area contributed by atoms with Crippen molar-refractivity contribution in [3.05, 3.63) is 47.5 Å². The Kier molecular flexibility index (Phi) is 4.26. The third-order valence-electron chi connectivity index (χ3n) is 5.04. The number of fused-ring (bicyclic) bond motifs is 1. The number of carbonyl (C=O) groups is 1. The molecule has 1 aromatic carbocycles. The van der Waals surface area contributed by atoms with E-state index in [1.165, 1.54) is 0 Å². The number of imidazole rings is 1. The maximum absolute atomic E-state index is 12.9. The van der Waals surface area contributed by atoms with Crippen LogP contribution >= 0.6 is 0 Å². The van der Waals surface area contributed by atoms with Gasteiger partial charge in [0.25, 0.3) is 0 Å². The molecule has 6 nitrogen and oxygen atoms in total. The molecular formula is C19H23N5O. The molecule has 0 spiro atoms. The molecule has 0 bridgehead atoms. The zero-order valence-corrected chi connectivity index (χ0v) is 14.5. The number of aromatic amines is 2. The quantitative estimate of drug-likeness (QED) is 0.767. The van der Waals surface area contributed by atoms with Crippen molar-refractivity contribution in [1.82, 2.24) is 25.1 Å². The number of benzene rings is 1. The fourth-order valence-corrected chi connectivity index (χ4v) is 3.72. The lowest BCUT2D eigenvalue weighted by atomic mass is 9.97. The first kappa shape index (κ1) is 15.9. The van der Waals surface area contributed by atoms with E-state index in [2.05, 4.69) is 20.2 Å². The van der Waals surface area contributed by atoms with Crippen LogP contribution in [0, 0.1) is 6.92 Å². The van der Waals surface area contributed by atoms with Crippen LogP contribution in [0.25, 0.3) is 11.0 Å². The lowest BCUT2D eigenvalue weighted by molar-refractivity contribution is -0.135. The highest BCUT2D eigenvalue weighted by Gasteiger charge is 2.29. The van der Waals surface area contributed by atoms with Crippen LogP contribution in [0.4, 0.5) is 0 Å². The van der Waals surface area contributed by atoms with Gasteiger partial charge in [0.05, 0.1) is 29.0 Å². The van der Waals surface area contributed by atoms with E-state index in [-0.39, 0.29) is 11.9 Å². The second kappa shape index (κ2) is 6.70. The number of hydrogen-bond acceptors (Lipinski definition) is 3. The van der Waals surface area contributed by atoms with Gasteiger partial charge in [-0.15, -0.1) is 0 Å². The number of nitrogens with zero attached hydrogens (tertiary/aromatic N) is 3. The summed E-state index contributed by atoms with van der Waals surface area (Å²) >= 11 is 0. The standard InChI is InChI=1S/C19H23N5O/c1-13-12-20-23-19(13)16-8-4-5-11-24(16)18(25)10-9-17-21-14-6-2-3-7-15(14)22-17/h2-3,6-7,12,16H,4-5,8-11H2,1H3,(H,20,23)(H,21,22)/t16-/m0/s1. The van der Waals surface area contributed by atoms with Crippen molar-refractivity contribution in [2.75, 3.05) is 6.54 Å². The Labute approximate surface area is 146 Å². The number of hydrogen-bond donors (Lipinski definition) is 2. The molecule has 1 aliphatic rings. The highest BCUT2D eigenvalue weighted by molar-refractivity contribution is 5.78. The van der Waals surface area contributed by atoms with Crippen molar-refractivity contribution < 1.29 is 4.79 Å². The molecule has 2 aromatic heterocycles. The van der Waals surface area contributed by atoms with Gasteiger partial charge in [0, 0.05) is 19.4 Å². The monoisotopic (exact) mass is 337 g/mol. The van der Waals surface area contributed by atoms with Gasteiger partial charge in [-0.3, -0.25) is 9.89 Å². The minimum atomic E-state index is 0.124. The van der Waals surface area contributed by atoms with E-state index in [0.29, 0.717) is 12.8 Å². The number of piperidine rings is 1. The summed E-state index contributed by atoms with van der Waals surface area (Å²) in [6.07, 6.45) is 6.17. The first-order chi connectivity index (χ1) is 12.2. The largest absolute Gasteiger partial charge is 0.342 e. The summed E-state index contributed by atoms with van der Waals surface area (Å²) in [7, 11) is 0. The van der Waals surface area contributed by atoms with Gasteiger partial charge < -0.3 is 9.88 Å². The molecule has 1 amide bonds. The number of likely N-dealkylation sites (tertiary alicyclic amines) is 1. The summed E-state index contributed by atoms with van der Waals surface area (Å²) in [5, 5.41) is 7.22. The van der Waals surface area contributed by atoms with E-state index >= 15 is 0 Å². The van der Waals surface area contributed by atoms with Crippen LogP contribution < -0.4 is 0 Å². The summed E-state index contributed by atoms with van der Waals surface area (Å²) in [6.45, 7) is 2.87. The molecule has 6 heteroatoms. The molecule has 1 atom stereocenters. The molecule has 0 saturated carbocycles. The molecule has 0 aliphatic carbocycles. The molecule has 4 rings (SSSR count). The van der Waals surface area contributed by atoms with Crippen molar-refractivity contribution in [2.45, 2.75) is 45.1 Å². The highest BCUT2D eigenvalue weighted by Crippen LogP contribution is 2.31. The maximum Gasteiger partial charge on any atom is 0.223 e. The number of carbonyl (C=O) groups excluding carboxylic acids is 1. The van der Waals surface area contributed by atoms with E-state index in [1.807, 2.05) is 42.3 Å². The molecule has 2 N–H and O–H groups in total. The number of aryl methyl sites for hydroxylation is 2. The first-order valence-electron chi connectivity index (χ1n) is 8.95. The van der Waals surface area contributed by atoms with Crippen LogP contribution in [-0.4, -0.2) is 37.5 Å². The molecule has 0 unspecified atom stereocenters. The van der Waals surface area contributed by atoms with Crippen LogP contribution in [0.3, 0.4) is 0 Å². The molecule has 1 aliphatic heterocycles. The minimum absolute atomic E-state index is 0.124. The van der Waals surface area contributed by atoms with Crippen LogP contribution in [0.15, 0.2) is 30.5 Å². The van der Waals surface area contributed by atoms with E-state index < -0.39 is 0 Å². The Morgan fingerprint density at radius 2 is 2.20 bits per heavy atom. The number of H-pyrrole nitrogens is 2. The summed E-state index contributed by atoms with van der Waals surface area (Å²) < 4.78 is 0. The molecule has 130 valence electrons. The molecule has 25 heavy (non-hydrogen) atoms. The third-order valence-corrected chi connectivity index (χ3v) is 5.04. The number of amides is 1. The molecule has 1 fully saturated rings. The lowest BCUT2D eigenvalue weighted by Crippen LogP contribution is -2.39. The average molecular weight is 337 g/mol. The Morgan fingerprint density at radius 3 is 3.00 bits per heavy atom. The molecule has 3 aromatic rings. The topological polar surface area (TPSA) is 77.7 Å². The van der Waals surface area contributed by atoms with E-state index in [9.17, 15) is 4.79 Å². The lowest BCUT2D eigenvalue weighted by Gasteiger charge is -2.35. The van der Waals surface area contributed by atoms with Crippen molar-refractivity contribution in [3.8, 4) is 0 Å². The summed E-state index contributed by atoms with van der Waals surface area (Å²) in [6, 6.07) is 8.08. The number of nitrogens with one attached hydrogen (secondary N) is 2. The van der Waals surface area contributed by atoms with Crippen molar-refractivity contribution in [3.63, 3.8) is 0 Å². The number of para-hydroxylation sites is 2. The van der Waals surface area contributed by atoms with E-state index in [4.69, 9.17) is 0 Å². The Bertz CT molecular complexity index is 848. The van der Waals surface area contributed by atoms with Crippen LogP contribution in [-0.2, 0) is 11.2 Å². The molecular weight excluding hydrogens is 314 g/mol. The smallest absolute Gasteiger partial charge is 0.223 e. The van der Waals surface area contributed by atoms with Gasteiger partial charge in [0.1, 0.15) is 5.82 Å². The summed E-state index contributed by atoms with van der Waals surface area (Å²) in [5.74, 6) is 1.07. The molecule has 1 saturated heterocycles. The van der Waals surface area contributed by atoms with E-state index in [1.54, 1.807) is 0 Å². The van der Waals surface area contributed by atoms with Gasteiger partial charge in [-0.1, -0.05) is 12.1 Å². The average Bonchev–Trinajstić information content (AvgIpc) is 3.25. The zero-order valence-electron chi connectivity index (χ0n) is 14.5. The maximum atomic E-state index is 12.9. The van der Waals surface area contributed by atoms with Gasteiger partial charge in [0.15, 0.2) is 0 Å². The predicted octanol–water partition coefficient (Wildman–Crippen LogP) is 3.28. The number of rotatable bonds is 4. The van der Waals surface area contributed by atoms with Gasteiger partial charge in [0.2, 0.25) is 5.91 Å². The molecule has 0 radical (unpaired) electrons. The summed E-state index contributed by atoms with van der Waals surface area (Å²) in [5.41, 5.74) is 4.18. The molecule has 3 heterocycles. The minimum Gasteiger partial charge on any atom is -0.342 e. The van der Waals surface area contributed by atoms with Gasteiger partial charge in [-0.2, -0.15) is 5.10 Å². The Hall–Kier alpha value is -2.63. The van der Waals surface area contributed by atoms with Gasteiger partial charge >= 0.3 is 0 Å². The number of aromatic nitrogens is 4. The normalized spacial score (nSPS) is 18.0. The predicted molar refractivity (Wildman–Crippen MR) is 96.0 cm³/mol. The van der Waals surface area contributed by atoms with Crippen molar-refractivity contribution in [2.24, 2.45) is 0 Å². The van der Waals surface area contributed by atoms with E-state index in [0.717, 1.165) is 53.9 Å².